The molecule has 0 saturated heterocycles. The van der Waals surface area contributed by atoms with Crippen LogP contribution in [-0.2, 0) is 0 Å². The minimum Gasteiger partial charge on any atom is -0.245 e. The number of hydrogen-bond acceptors (Lipinski definition) is 1. The first-order chi connectivity index (χ1) is 6.88. The largest absolute Gasteiger partial charge is 0.245 e. The summed E-state index contributed by atoms with van der Waals surface area (Å²) in [6.45, 7) is 7.16. The highest BCUT2D eigenvalue weighted by atomic mass is 14.8. The molecule has 0 bridgehead atoms. The van der Waals surface area contributed by atoms with Gasteiger partial charge < -0.3 is 0 Å². The first kappa shape index (κ1) is 10.1. The highest BCUT2D eigenvalue weighted by Crippen LogP contribution is 2.01. The van der Waals surface area contributed by atoms with Crippen molar-refractivity contribution in [2.24, 2.45) is 9.98 Å². The molecule has 0 aliphatic heterocycles. The number of hydrogen-bond donors (Lipinski definition) is 0. The third kappa shape index (κ3) is 2.83. The van der Waals surface area contributed by atoms with E-state index in [1.54, 1.807) is 6.08 Å². The summed E-state index contributed by atoms with van der Waals surface area (Å²) in [5, 5.41) is 0. The van der Waals surface area contributed by atoms with Gasteiger partial charge in [0, 0.05) is 11.8 Å². The van der Waals surface area contributed by atoms with E-state index < -0.39 is 0 Å². The van der Waals surface area contributed by atoms with Crippen LogP contribution in [0.4, 0.5) is 0 Å². The van der Waals surface area contributed by atoms with Crippen LogP contribution >= 0.6 is 0 Å². The second kappa shape index (κ2) is 5.65. The lowest BCUT2D eigenvalue weighted by Gasteiger charge is -1.97. The van der Waals surface area contributed by atoms with E-state index in [1.165, 1.54) is 12.5 Å². The van der Waals surface area contributed by atoms with Crippen molar-refractivity contribution in [3.05, 3.63) is 61.3 Å². The Morgan fingerprint density at radius 2 is 1.86 bits per heavy atom. The maximum Gasteiger partial charge on any atom is 0.115 e. The minimum atomic E-state index is 0.802. The lowest BCUT2D eigenvalue weighted by molar-refractivity contribution is 1.55. The van der Waals surface area contributed by atoms with Gasteiger partial charge in [-0.15, -0.1) is 0 Å². The molecule has 0 heterocycles. The Labute approximate surface area is 84.0 Å². The van der Waals surface area contributed by atoms with E-state index in [1.807, 2.05) is 30.3 Å². The maximum absolute atomic E-state index is 4.14. The predicted molar refractivity (Wildman–Crippen MR) is 61.9 cm³/mol. The van der Waals surface area contributed by atoms with Gasteiger partial charge in [-0.2, -0.15) is 0 Å². The average molecular weight is 184 g/mol. The van der Waals surface area contributed by atoms with Gasteiger partial charge in [0.05, 0.1) is 5.71 Å². The van der Waals surface area contributed by atoms with Crippen molar-refractivity contribution in [3.8, 4) is 0 Å². The minimum absolute atomic E-state index is 0.802. The first-order valence-corrected chi connectivity index (χ1v) is 4.26. The number of aliphatic imine (C=N–C) groups is 2. The number of rotatable bonds is 4. The molecule has 1 aromatic rings. The summed E-state index contributed by atoms with van der Waals surface area (Å²) in [5.74, 6) is 0. The summed E-state index contributed by atoms with van der Waals surface area (Å²) in [5.41, 5.74) is 1.83. The van der Waals surface area contributed by atoms with Gasteiger partial charge in [0.15, 0.2) is 0 Å². The number of benzene rings is 1. The third-order valence-electron chi connectivity index (χ3n) is 1.63. The quantitative estimate of drug-likeness (QED) is 0.508. The highest BCUT2D eigenvalue weighted by molar-refractivity contribution is 6.11. The van der Waals surface area contributed by atoms with E-state index >= 15 is 0 Å². The van der Waals surface area contributed by atoms with E-state index in [9.17, 15) is 0 Å². The van der Waals surface area contributed by atoms with Crippen molar-refractivity contribution in [1.82, 2.24) is 0 Å². The van der Waals surface area contributed by atoms with Crippen LogP contribution in [0.1, 0.15) is 5.56 Å². The zero-order chi connectivity index (χ0) is 10.2. The van der Waals surface area contributed by atoms with Crippen LogP contribution in [-0.4, -0.2) is 12.1 Å². The fourth-order valence-electron chi connectivity index (χ4n) is 0.997. The first-order valence-electron chi connectivity index (χ1n) is 4.26. The number of nitrogens with zero attached hydrogens (tertiary/aromatic N) is 2. The van der Waals surface area contributed by atoms with Crippen LogP contribution in [0.5, 0.6) is 0 Å². The van der Waals surface area contributed by atoms with Crippen LogP contribution in [0.2, 0.25) is 0 Å². The van der Waals surface area contributed by atoms with E-state index in [4.69, 9.17) is 0 Å². The predicted octanol–water partition coefficient (Wildman–Crippen LogP) is 2.83. The zero-order valence-electron chi connectivity index (χ0n) is 7.93. The van der Waals surface area contributed by atoms with E-state index in [0.29, 0.717) is 0 Å². The summed E-state index contributed by atoms with van der Waals surface area (Å²) in [6.07, 6.45) is 4.59. The van der Waals surface area contributed by atoms with Crippen LogP contribution in [0.15, 0.2) is 65.8 Å². The molecule has 1 rings (SSSR count). The van der Waals surface area contributed by atoms with Gasteiger partial charge in [0.1, 0.15) is 6.34 Å². The van der Waals surface area contributed by atoms with E-state index in [2.05, 4.69) is 23.1 Å². The molecule has 0 saturated carbocycles. The molecular weight excluding hydrogens is 172 g/mol. The van der Waals surface area contributed by atoms with Crippen LogP contribution in [0, 0.1) is 0 Å². The molecule has 2 nitrogen and oxygen atoms in total. The standard InChI is InChI=1S/C12H12N2/c1-3-12(14-10-13-4-2)11-8-6-5-7-9-11/h3-10H,1-2H2/b13-10-,14-12+. The van der Waals surface area contributed by atoms with Gasteiger partial charge in [-0.3, -0.25) is 0 Å². The Morgan fingerprint density at radius 3 is 2.43 bits per heavy atom. The lowest BCUT2D eigenvalue weighted by Crippen LogP contribution is -1.95. The normalized spacial score (nSPS) is 11.6. The average Bonchev–Trinajstić information content (AvgIpc) is 2.26. The summed E-state index contributed by atoms with van der Waals surface area (Å²) in [6, 6.07) is 9.82. The van der Waals surface area contributed by atoms with Crippen LogP contribution in [0.25, 0.3) is 0 Å². The molecule has 0 aliphatic carbocycles. The fourth-order valence-corrected chi connectivity index (χ4v) is 0.997. The summed E-state index contributed by atoms with van der Waals surface area (Å²) in [7, 11) is 0. The Bertz CT molecular complexity index is 361. The van der Waals surface area contributed by atoms with E-state index in [-0.39, 0.29) is 0 Å². The molecule has 14 heavy (non-hydrogen) atoms. The Morgan fingerprint density at radius 1 is 1.14 bits per heavy atom. The molecule has 70 valence electrons. The van der Waals surface area contributed by atoms with Crippen LogP contribution in [0.3, 0.4) is 0 Å². The van der Waals surface area contributed by atoms with Gasteiger partial charge in [0.25, 0.3) is 0 Å². The summed E-state index contributed by atoms with van der Waals surface area (Å²) in [4.78, 5) is 7.93. The molecule has 0 unspecified atom stereocenters. The molecule has 1 aromatic carbocycles. The molecule has 0 N–H and O–H groups in total. The molecule has 0 amide bonds. The van der Waals surface area contributed by atoms with Gasteiger partial charge >= 0.3 is 0 Å². The van der Waals surface area contributed by atoms with Gasteiger partial charge in [-0.25, -0.2) is 9.98 Å². The van der Waals surface area contributed by atoms with Gasteiger partial charge in [-0.1, -0.05) is 43.5 Å². The second-order valence-electron chi connectivity index (χ2n) is 2.53. The third-order valence-corrected chi connectivity index (χ3v) is 1.63. The van der Waals surface area contributed by atoms with Gasteiger partial charge in [0.2, 0.25) is 0 Å². The Kier molecular flexibility index (Phi) is 4.08. The Balaban J connectivity index is 2.93. The molecule has 0 fully saturated rings. The molecule has 2 heteroatoms. The monoisotopic (exact) mass is 184 g/mol. The van der Waals surface area contributed by atoms with Crippen molar-refractivity contribution in [2.45, 2.75) is 0 Å². The molecule has 0 aliphatic rings. The van der Waals surface area contributed by atoms with Crippen LogP contribution < -0.4 is 0 Å². The molecule has 0 radical (unpaired) electrons. The molecule has 0 spiro atoms. The van der Waals surface area contributed by atoms with Crippen molar-refractivity contribution in [2.75, 3.05) is 0 Å². The van der Waals surface area contributed by atoms with Crippen molar-refractivity contribution in [1.29, 1.82) is 0 Å². The maximum atomic E-state index is 4.14. The molecule has 0 aromatic heterocycles. The number of allylic oxidation sites excluding steroid dienone is 1. The SMILES string of the molecule is C=C/N=C\N=C(/C=C)c1ccccc1. The Hall–Kier alpha value is -1.96. The summed E-state index contributed by atoms with van der Waals surface area (Å²) >= 11 is 0. The lowest BCUT2D eigenvalue weighted by atomic mass is 10.1. The molecule has 0 atom stereocenters. The zero-order valence-corrected chi connectivity index (χ0v) is 7.93. The fraction of sp³-hybridized carbons (Fsp3) is 0. The van der Waals surface area contributed by atoms with Crippen molar-refractivity contribution in [3.63, 3.8) is 0 Å². The van der Waals surface area contributed by atoms with Gasteiger partial charge in [-0.05, 0) is 6.08 Å². The smallest absolute Gasteiger partial charge is 0.115 e. The molecular formula is C12H12N2. The van der Waals surface area contributed by atoms with Crippen molar-refractivity contribution >= 4 is 12.1 Å². The highest BCUT2D eigenvalue weighted by Gasteiger charge is 1.94. The topological polar surface area (TPSA) is 24.7 Å². The van der Waals surface area contributed by atoms with Crippen molar-refractivity contribution < 1.29 is 0 Å². The second-order valence-corrected chi connectivity index (χ2v) is 2.53. The van der Waals surface area contributed by atoms with E-state index in [0.717, 1.165) is 11.3 Å². The summed E-state index contributed by atoms with van der Waals surface area (Å²) < 4.78 is 0.